The van der Waals surface area contributed by atoms with Gasteiger partial charge in [0.1, 0.15) is 0 Å². The van der Waals surface area contributed by atoms with E-state index in [1.807, 2.05) is 6.08 Å². The second-order valence-corrected chi connectivity index (χ2v) is 4.17. The summed E-state index contributed by atoms with van der Waals surface area (Å²) in [6.45, 7) is 8.32. The van der Waals surface area contributed by atoms with Gasteiger partial charge in [-0.15, -0.1) is 0 Å². The van der Waals surface area contributed by atoms with Crippen molar-refractivity contribution in [3.8, 4) is 0 Å². The summed E-state index contributed by atoms with van der Waals surface area (Å²) < 4.78 is 0. The van der Waals surface area contributed by atoms with Gasteiger partial charge in [0.25, 0.3) is 0 Å². The molecule has 2 rings (SSSR count). The molecule has 2 aliphatic carbocycles. The van der Waals surface area contributed by atoms with Crippen LogP contribution < -0.4 is 0 Å². The molecule has 1 unspecified atom stereocenters. The monoisotopic (exact) mass is 198 g/mol. The van der Waals surface area contributed by atoms with Crippen LogP contribution in [0.4, 0.5) is 0 Å². The number of allylic oxidation sites excluding steroid dienone is 9. The molecule has 1 atom stereocenters. The summed E-state index contributed by atoms with van der Waals surface area (Å²) in [7, 11) is 0. The largest absolute Gasteiger partial charge is 0.0984 e. The van der Waals surface area contributed by atoms with Crippen molar-refractivity contribution in [3.63, 3.8) is 0 Å². The molecule has 0 nitrogen and oxygen atoms in total. The minimum absolute atomic E-state index is 0.542. The van der Waals surface area contributed by atoms with E-state index >= 15 is 0 Å². The van der Waals surface area contributed by atoms with Crippen molar-refractivity contribution in [3.05, 3.63) is 59.3 Å². The molecule has 78 valence electrons. The highest BCUT2D eigenvalue weighted by Crippen LogP contribution is 2.42. The van der Waals surface area contributed by atoms with E-state index in [0.29, 0.717) is 5.92 Å². The Hall–Kier alpha value is -1.30. The Kier molecular flexibility index (Phi) is 2.77. The molecule has 0 radical (unpaired) electrons. The van der Waals surface area contributed by atoms with Gasteiger partial charge in [-0.05, 0) is 42.1 Å². The zero-order chi connectivity index (χ0) is 10.8. The van der Waals surface area contributed by atoms with Crippen molar-refractivity contribution in [2.45, 2.75) is 26.7 Å². The molecule has 0 N–H and O–H groups in total. The SMILES string of the molecule is C=CC1=C(/C=C\C)C(C)C2=C1CCC=C2. The van der Waals surface area contributed by atoms with Crippen molar-refractivity contribution in [2.24, 2.45) is 5.92 Å². The summed E-state index contributed by atoms with van der Waals surface area (Å²) >= 11 is 0. The Morgan fingerprint density at radius 1 is 1.47 bits per heavy atom. The van der Waals surface area contributed by atoms with Crippen LogP contribution in [0.25, 0.3) is 0 Å². The molecule has 0 bridgehead atoms. The Balaban J connectivity index is 2.50. The Morgan fingerprint density at radius 3 is 2.93 bits per heavy atom. The lowest BCUT2D eigenvalue weighted by atomic mass is 9.92. The molecule has 0 aliphatic heterocycles. The van der Waals surface area contributed by atoms with Crippen molar-refractivity contribution in [2.75, 3.05) is 0 Å². The molecule has 0 saturated carbocycles. The van der Waals surface area contributed by atoms with E-state index in [0.717, 1.165) is 0 Å². The second kappa shape index (κ2) is 4.06. The summed E-state index contributed by atoms with van der Waals surface area (Å²) in [5.74, 6) is 0.542. The highest BCUT2D eigenvalue weighted by atomic mass is 14.3. The fourth-order valence-corrected chi connectivity index (χ4v) is 2.61. The smallest absolute Gasteiger partial charge is 0.00697 e. The van der Waals surface area contributed by atoms with Crippen LogP contribution in [0.3, 0.4) is 0 Å². The zero-order valence-corrected chi connectivity index (χ0v) is 9.59. The van der Waals surface area contributed by atoms with Gasteiger partial charge in [0.15, 0.2) is 0 Å². The summed E-state index contributed by atoms with van der Waals surface area (Å²) in [6, 6.07) is 0. The molecular weight excluding hydrogens is 180 g/mol. The van der Waals surface area contributed by atoms with Crippen LogP contribution in [0.1, 0.15) is 26.7 Å². The van der Waals surface area contributed by atoms with Crippen LogP contribution in [0.5, 0.6) is 0 Å². The quantitative estimate of drug-likeness (QED) is 0.619. The fraction of sp³-hybridized carbons (Fsp3) is 0.333. The Labute approximate surface area is 92.4 Å². The van der Waals surface area contributed by atoms with Gasteiger partial charge in [-0.3, -0.25) is 0 Å². The molecule has 0 spiro atoms. The molecule has 0 aromatic heterocycles. The zero-order valence-electron chi connectivity index (χ0n) is 9.59. The third-order valence-corrected chi connectivity index (χ3v) is 3.33. The summed E-state index contributed by atoms with van der Waals surface area (Å²) in [6.07, 6.45) is 13.3. The predicted molar refractivity (Wildman–Crippen MR) is 66.6 cm³/mol. The lowest BCUT2D eigenvalue weighted by Gasteiger charge is -2.12. The van der Waals surface area contributed by atoms with E-state index in [1.54, 1.807) is 0 Å². The highest BCUT2D eigenvalue weighted by Gasteiger charge is 2.27. The average Bonchev–Trinajstić information content (AvgIpc) is 2.54. The van der Waals surface area contributed by atoms with Gasteiger partial charge in [0.2, 0.25) is 0 Å². The molecule has 0 saturated heterocycles. The van der Waals surface area contributed by atoms with Gasteiger partial charge in [-0.1, -0.05) is 43.9 Å². The molecule has 2 aliphatic rings. The molecule has 0 heterocycles. The highest BCUT2D eigenvalue weighted by molar-refractivity contribution is 5.61. The number of rotatable bonds is 2. The number of hydrogen-bond donors (Lipinski definition) is 0. The lowest BCUT2D eigenvalue weighted by molar-refractivity contribution is 0.842. The first kappa shape index (κ1) is 10.2. The maximum Gasteiger partial charge on any atom is 0.00697 e. The van der Waals surface area contributed by atoms with Crippen molar-refractivity contribution in [1.29, 1.82) is 0 Å². The van der Waals surface area contributed by atoms with E-state index in [9.17, 15) is 0 Å². The van der Waals surface area contributed by atoms with Crippen molar-refractivity contribution in [1.82, 2.24) is 0 Å². The maximum atomic E-state index is 3.95. The van der Waals surface area contributed by atoms with Crippen LogP contribution in [0, 0.1) is 5.92 Å². The first-order valence-corrected chi connectivity index (χ1v) is 5.68. The van der Waals surface area contributed by atoms with Gasteiger partial charge in [-0.25, -0.2) is 0 Å². The summed E-state index contributed by atoms with van der Waals surface area (Å²) in [5, 5.41) is 0. The Morgan fingerprint density at radius 2 is 2.27 bits per heavy atom. The van der Waals surface area contributed by atoms with E-state index in [1.165, 1.54) is 35.1 Å². The minimum Gasteiger partial charge on any atom is -0.0984 e. The van der Waals surface area contributed by atoms with Crippen LogP contribution in [0.15, 0.2) is 59.3 Å². The standard InChI is InChI=1S/C15H18/c1-4-8-13-11(3)14-9-6-7-10-15(14)12(13)5-2/h4-6,8-9,11H,2,7,10H2,1,3H3/b8-4-. The third-order valence-electron chi connectivity index (χ3n) is 3.33. The lowest BCUT2D eigenvalue weighted by Crippen LogP contribution is -1.97. The van der Waals surface area contributed by atoms with E-state index in [4.69, 9.17) is 0 Å². The van der Waals surface area contributed by atoms with Gasteiger partial charge < -0.3 is 0 Å². The average molecular weight is 198 g/mol. The fourth-order valence-electron chi connectivity index (χ4n) is 2.61. The molecular formula is C15H18. The van der Waals surface area contributed by atoms with Crippen LogP contribution in [0.2, 0.25) is 0 Å². The Bertz CT molecular complexity index is 400. The minimum atomic E-state index is 0.542. The summed E-state index contributed by atoms with van der Waals surface area (Å²) in [4.78, 5) is 0. The topological polar surface area (TPSA) is 0 Å². The van der Waals surface area contributed by atoms with Crippen molar-refractivity contribution < 1.29 is 0 Å². The van der Waals surface area contributed by atoms with Crippen LogP contribution >= 0.6 is 0 Å². The first-order chi connectivity index (χ1) is 7.29. The molecule has 15 heavy (non-hydrogen) atoms. The molecule has 0 aromatic carbocycles. The maximum absolute atomic E-state index is 3.95. The van der Waals surface area contributed by atoms with Crippen molar-refractivity contribution >= 4 is 0 Å². The van der Waals surface area contributed by atoms with E-state index < -0.39 is 0 Å². The van der Waals surface area contributed by atoms with E-state index in [-0.39, 0.29) is 0 Å². The molecule has 0 amide bonds. The van der Waals surface area contributed by atoms with E-state index in [2.05, 4.69) is 44.7 Å². The van der Waals surface area contributed by atoms with Crippen LogP contribution in [-0.4, -0.2) is 0 Å². The van der Waals surface area contributed by atoms with Gasteiger partial charge in [0, 0.05) is 5.92 Å². The summed E-state index contributed by atoms with van der Waals surface area (Å²) in [5.41, 5.74) is 5.83. The first-order valence-electron chi connectivity index (χ1n) is 5.68. The van der Waals surface area contributed by atoms with Gasteiger partial charge >= 0.3 is 0 Å². The van der Waals surface area contributed by atoms with Crippen LogP contribution in [-0.2, 0) is 0 Å². The number of hydrogen-bond acceptors (Lipinski definition) is 0. The molecule has 0 aromatic rings. The second-order valence-electron chi connectivity index (χ2n) is 4.17. The van der Waals surface area contributed by atoms with Gasteiger partial charge in [0.05, 0.1) is 0 Å². The molecule has 0 fully saturated rings. The third kappa shape index (κ3) is 1.54. The normalized spacial score (nSPS) is 25.3. The van der Waals surface area contributed by atoms with Gasteiger partial charge in [-0.2, -0.15) is 0 Å². The molecule has 0 heteroatoms. The predicted octanol–water partition coefficient (Wildman–Crippen LogP) is 4.34.